The molecule has 1 heterocycles. The number of hydrogen-bond acceptors (Lipinski definition) is 5. The number of aliphatic hydroxyl groups excluding tert-OH is 1. The van der Waals surface area contributed by atoms with E-state index < -0.39 is 5.60 Å². The molecule has 0 fully saturated rings. The van der Waals surface area contributed by atoms with Crippen LogP contribution in [-0.2, 0) is 0 Å². The van der Waals surface area contributed by atoms with Crippen molar-refractivity contribution >= 4 is 17.4 Å². The molecule has 102 valence electrons. The minimum absolute atomic E-state index is 0.169. The number of hydrogen-bond donors (Lipinski definition) is 3. The Morgan fingerprint density at radius 3 is 2.50 bits per heavy atom. The van der Waals surface area contributed by atoms with Gasteiger partial charge in [-0.1, -0.05) is 25.4 Å². The Bertz CT molecular complexity index is 422. The molecule has 18 heavy (non-hydrogen) atoms. The first-order valence-electron chi connectivity index (χ1n) is 5.88. The quantitative estimate of drug-likeness (QED) is 0.712. The van der Waals surface area contributed by atoms with E-state index in [0.29, 0.717) is 16.8 Å². The molecule has 0 aromatic carbocycles. The summed E-state index contributed by atoms with van der Waals surface area (Å²) < 4.78 is 0. The molecule has 0 saturated carbocycles. The molecule has 0 spiro atoms. The lowest BCUT2D eigenvalue weighted by molar-refractivity contribution is 0.0131. The largest absolute Gasteiger partial charge is 0.393 e. The van der Waals surface area contributed by atoms with E-state index in [1.165, 1.54) is 0 Å². The molecule has 1 aromatic heterocycles. The number of rotatable bonds is 5. The van der Waals surface area contributed by atoms with Crippen LogP contribution in [0.4, 0.5) is 5.82 Å². The van der Waals surface area contributed by atoms with Crippen molar-refractivity contribution in [1.82, 2.24) is 9.97 Å². The first-order chi connectivity index (χ1) is 8.26. The molecule has 5 nitrogen and oxygen atoms in total. The van der Waals surface area contributed by atoms with Gasteiger partial charge in [0.25, 0.3) is 0 Å². The third-order valence-corrected chi connectivity index (χ3v) is 2.97. The lowest BCUT2D eigenvalue weighted by Gasteiger charge is -2.22. The molecule has 1 atom stereocenters. The number of halogens is 1. The van der Waals surface area contributed by atoms with E-state index in [0.717, 1.165) is 5.56 Å². The van der Waals surface area contributed by atoms with Crippen LogP contribution in [0, 0.1) is 6.92 Å². The molecule has 0 saturated heterocycles. The fourth-order valence-electron chi connectivity index (χ4n) is 1.27. The number of nitrogens with zero attached hydrogens (tertiary/aromatic N) is 2. The van der Waals surface area contributed by atoms with Crippen LogP contribution in [0.25, 0.3) is 0 Å². The molecule has 0 aliphatic rings. The van der Waals surface area contributed by atoms with Crippen LogP contribution in [0.5, 0.6) is 0 Å². The Kier molecular flexibility index (Phi) is 4.90. The molecule has 3 N–H and O–H groups in total. The third kappa shape index (κ3) is 3.80. The highest BCUT2D eigenvalue weighted by atomic mass is 35.5. The second kappa shape index (κ2) is 5.82. The summed E-state index contributed by atoms with van der Waals surface area (Å²) in [5, 5.41) is 22.1. The highest BCUT2D eigenvalue weighted by Crippen LogP contribution is 2.23. The van der Waals surface area contributed by atoms with Gasteiger partial charge in [0.15, 0.2) is 0 Å². The summed E-state index contributed by atoms with van der Waals surface area (Å²) in [6, 6.07) is 0. The zero-order valence-electron chi connectivity index (χ0n) is 11.2. The minimum atomic E-state index is -1.19. The Morgan fingerprint density at radius 1 is 1.39 bits per heavy atom. The average molecular weight is 274 g/mol. The van der Waals surface area contributed by atoms with Crippen LogP contribution in [-0.4, -0.2) is 38.9 Å². The lowest BCUT2D eigenvalue weighted by atomic mass is 10.1. The summed E-state index contributed by atoms with van der Waals surface area (Å²) in [4.78, 5) is 8.57. The van der Waals surface area contributed by atoms with Crippen molar-refractivity contribution in [2.75, 3.05) is 18.5 Å². The minimum Gasteiger partial charge on any atom is -0.393 e. The second-order valence-electron chi connectivity index (χ2n) is 5.01. The van der Waals surface area contributed by atoms with Crippen molar-refractivity contribution in [3.8, 4) is 0 Å². The van der Waals surface area contributed by atoms with Crippen LogP contribution in [0.15, 0.2) is 0 Å². The molecule has 1 aromatic rings. The SMILES string of the molecule is Cc1c(Cl)nc(C(C)C)nc1NCC(C)(O)CO. The van der Waals surface area contributed by atoms with Crippen molar-refractivity contribution in [2.24, 2.45) is 0 Å². The van der Waals surface area contributed by atoms with Crippen molar-refractivity contribution in [2.45, 2.75) is 39.2 Å². The topological polar surface area (TPSA) is 78.3 Å². The molecule has 1 unspecified atom stereocenters. The molecule has 1 rings (SSSR count). The number of aromatic nitrogens is 2. The predicted octanol–water partition coefficient (Wildman–Crippen LogP) is 1.72. The summed E-state index contributed by atoms with van der Waals surface area (Å²) >= 11 is 6.04. The van der Waals surface area contributed by atoms with Crippen molar-refractivity contribution in [3.05, 3.63) is 16.5 Å². The summed E-state index contributed by atoms with van der Waals surface area (Å²) in [7, 11) is 0. The van der Waals surface area contributed by atoms with Crippen LogP contribution >= 0.6 is 11.6 Å². The molecule has 0 bridgehead atoms. The van der Waals surface area contributed by atoms with Gasteiger partial charge in [-0.15, -0.1) is 0 Å². The van der Waals surface area contributed by atoms with Gasteiger partial charge in [-0.2, -0.15) is 0 Å². The van der Waals surface area contributed by atoms with Crippen LogP contribution in [0.3, 0.4) is 0 Å². The molecule has 0 aliphatic carbocycles. The van der Waals surface area contributed by atoms with Gasteiger partial charge >= 0.3 is 0 Å². The Labute approximate surface area is 112 Å². The van der Waals surface area contributed by atoms with E-state index in [2.05, 4.69) is 15.3 Å². The molecule has 0 amide bonds. The van der Waals surface area contributed by atoms with Crippen LogP contribution in [0.1, 0.15) is 38.1 Å². The monoisotopic (exact) mass is 273 g/mol. The first kappa shape index (κ1) is 15.1. The van der Waals surface area contributed by atoms with E-state index in [9.17, 15) is 5.11 Å². The van der Waals surface area contributed by atoms with Gasteiger partial charge in [0.2, 0.25) is 0 Å². The highest BCUT2D eigenvalue weighted by molar-refractivity contribution is 6.30. The maximum absolute atomic E-state index is 9.73. The number of anilines is 1. The van der Waals surface area contributed by atoms with Gasteiger partial charge in [0.1, 0.15) is 22.4 Å². The molecular weight excluding hydrogens is 254 g/mol. The second-order valence-corrected chi connectivity index (χ2v) is 5.37. The number of nitrogens with one attached hydrogen (secondary N) is 1. The van der Waals surface area contributed by atoms with Crippen LogP contribution in [0.2, 0.25) is 5.15 Å². The van der Waals surface area contributed by atoms with Gasteiger partial charge in [-0.25, -0.2) is 9.97 Å². The smallest absolute Gasteiger partial charge is 0.137 e. The maximum atomic E-state index is 9.73. The summed E-state index contributed by atoms with van der Waals surface area (Å²) in [5.74, 6) is 1.41. The first-order valence-corrected chi connectivity index (χ1v) is 6.26. The fraction of sp³-hybridized carbons (Fsp3) is 0.667. The maximum Gasteiger partial charge on any atom is 0.137 e. The lowest BCUT2D eigenvalue weighted by Crippen LogP contribution is -2.37. The van der Waals surface area contributed by atoms with E-state index in [1.807, 2.05) is 20.8 Å². The van der Waals surface area contributed by atoms with E-state index >= 15 is 0 Å². The summed E-state index contributed by atoms with van der Waals surface area (Å²) in [5.41, 5.74) is -0.461. The normalized spacial score (nSPS) is 14.7. The van der Waals surface area contributed by atoms with E-state index in [4.69, 9.17) is 16.7 Å². The molecule has 0 aliphatic heterocycles. The van der Waals surface area contributed by atoms with Gasteiger partial charge in [0, 0.05) is 18.0 Å². The highest BCUT2D eigenvalue weighted by Gasteiger charge is 2.20. The molecule has 6 heteroatoms. The third-order valence-electron chi connectivity index (χ3n) is 2.60. The van der Waals surface area contributed by atoms with Crippen molar-refractivity contribution < 1.29 is 10.2 Å². The predicted molar refractivity (Wildman–Crippen MR) is 72.1 cm³/mol. The fourth-order valence-corrected chi connectivity index (χ4v) is 1.44. The Morgan fingerprint density at radius 2 is 2.00 bits per heavy atom. The van der Waals surface area contributed by atoms with Crippen molar-refractivity contribution in [1.29, 1.82) is 0 Å². The van der Waals surface area contributed by atoms with Gasteiger partial charge < -0.3 is 15.5 Å². The van der Waals surface area contributed by atoms with Crippen molar-refractivity contribution in [3.63, 3.8) is 0 Å². The van der Waals surface area contributed by atoms with Crippen LogP contribution < -0.4 is 5.32 Å². The average Bonchev–Trinajstić information content (AvgIpc) is 2.30. The van der Waals surface area contributed by atoms with E-state index in [-0.39, 0.29) is 19.1 Å². The van der Waals surface area contributed by atoms with Gasteiger partial charge in [-0.05, 0) is 13.8 Å². The molecular formula is C12H20ClN3O2. The Hall–Kier alpha value is -0.910. The zero-order chi connectivity index (χ0) is 13.9. The molecule has 0 radical (unpaired) electrons. The van der Waals surface area contributed by atoms with Gasteiger partial charge in [0.05, 0.1) is 6.61 Å². The standard InChI is InChI=1S/C12H20ClN3O2/c1-7(2)10-15-9(13)8(3)11(16-10)14-5-12(4,18)6-17/h7,17-18H,5-6H2,1-4H3,(H,14,15,16). The summed E-state index contributed by atoms with van der Waals surface area (Å²) in [6.07, 6.45) is 0. The summed E-state index contributed by atoms with van der Waals surface area (Å²) in [6.45, 7) is 7.18. The number of aliphatic hydroxyl groups is 2. The Balaban J connectivity index is 2.94. The van der Waals surface area contributed by atoms with Gasteiger partial charge in [-0.3, -0.25) is 0 Å². The zero-order valence-corrected chi connectivity index (χ0v) is 11.9. The van der Waals surface area contributed by atoms with E-state index in [1.54, 1.807) is 6.92 Å².